The molecule has 0 radical (unpaired) electrons. The van der Waals surface area contributed by atoms with Gasteiger partial charge in [0.25, 0.3) is 0 Å². The van der Waals surface area contributed by atoms with E-state index in [0.29, 0.717) is 5.69 Å². The van der Waals surface area contributed by atoms with Crippen molar-refractivity contribution in [1.82, 2.24) is 9.97 Å². The molecule has 2 atom stereocenters. The summed E-state index contributed by atoms with van der Waals surface area (Å²) in [6.45, 7) is 1.27. The van der Waals surface area contributed by atoms with E-state index < -0.39 is 20.5 Å². The van der Waals surface area contributed by atoms with Crippen LogP contribution in [0.4, 0.5) is 0 Å². The summed E-state index contributed by atoms with van der Waals surface area (Å²) in [6.07, 6.45) is 1.99. The highest BCUT2D eigenvalue weighted by atomic mass is 31.2. The first-order valence-corrected chi connectivity index (χ1v) is 5.79. The minimum Gasteiger partial charge on any atom is -0.390 e. The van der Waals surface area contributed by atoms with Crippen molar-refractivity contribution in [3.05, 3.63) is 18.2 Å². The smallest absolute Gasteiger partial charge is 0.390 e. The van der Waals surface area contributed by atoms with Crippen molar-refractivity contribution in [3.8, 4) is 0 Å². The Bertz CT molecular complexity index is 335. The molecule has 15 heavy (non-hydrogen) atoms. The number of hydrogen-bond acceptors (Lipinski definition) is 4. The zero-order valence-corrected chi connectivity index (χ0v) is 8.96. The predicted octanol–water partition coefficient (Wildman–Crippen LogP) is -0.0166. The van der Waals surface area contributed by atoms with E-state index >= 15 is 0 Å². The molecule has 0 saturated carbocycles. The molecule has 0 amide bonds. The fraction of sp³-hybridized carbons (Fsp3) is 0.571. The van der Waals surface area contributed by atoms with Crippen LogP contribution in [0.5, 0.6) is 0 Å². The number of phosphoric ester groups is 1. The SMILES string of the molecule is C[C@@H](c1cnc[nH]1)[C@H](O)COP(=O)(O)O. The quantitative estimate of drug-likeness (QED) is 0.534. The van der Waals surface area contributed by atoms with Gasteiger partial charge in [-0.3, -0.25) is 4.52 Å². The van der Waals surface area contributed by atoms with Crippen molar-refractivity contribution in [3.63, 3.8) is 0 Å². The molecule has 86 valence electrons. The highest BCUT2D eigenvalue weighted by Crippen LogP contribution is 2.36. The summed E-state index contributed by atoms with van der Waals surface area (Å²) in [7, 11) is -4.52. The Kier molecular flexibility index (Phi) is 4.01. The summed E-state index contributed by atoms with van der Waals surface area (Å²) in [5.41, 5.74) is 0.678. The van der Waals surface area contributed by atoms with Crippen LogP contribution in [0.25, 0.3) is 0 Å². The minimum absolute atomic E-state index is 0.334. The lowest BCUT2D eigenvalue weighted by atomic mass is 10.0. The molecule has 1 aromatic rings. The van der Waals surface area contributed by atoms with E-state index in [1.165, 1.54) is 12.5 Å². The first-order chi connectivity index (χ1) is 6.90. The molecule has 0 bridgehead atoms. The van der Waals surface area contributed by atoms with E-state index in [-0.39, 0.29) is 5.92 Å². The molecule has 0 aliphatic heterocycles. The van der Waals surface area contributed by atoms with Crippen LogP contribution < -0.4 is 0 Å². The first kappa shape index (κ1) is 12.4. The fourth-order valence-electron chi connectivity index (χ4n) is 1.04. The van der Waals surface area contributed by atoms with Gasteiger partial charge in [0, 0.05) is 17.8 Å². The van der Waals surface area contributed by atoms with Gasteiger partial charge in [-0.25, -0.2) is 9.55 Å². The summed E-state index contributed by atoms with van der Waals surface area (Å²) in [5.74, 6) is -0.334. The summed E-state index contributed by atoms with van der Waals surface area (Å²) < 4.78 is 14.6. The van der Waals surface area contributed by atoms with Gasteiger partial charge in [0.1, 0.15) is 0 Å². The lowest BCUT2D eigenvalue weighted by Crippen LogP contribution is -2.21. The molecule has 8 heteroatoms. The zero-order valence-electron chi connectivity index (χ0n) is 8.07. The van der Waals surface area contributed by atoms with Gasteiger partial charge in [0.15, 0.2) is 0 Å². The third kappa shape index (κ3) is 4.11. The second-order valence-electron chi connectivity index (χ2n) is 3.15. The Hall–Kier alpha value is -0.720. The zero-order chi connectivity index (χ0) is 11.5. The number of hydrogen-bond donors (Lipinski definition) is 4. The number of rotatable bonds is 5. The highest BCUT2D eigenvalue weighted by Gasteiger charge is 2.22. The van der Waals surface area contributed by atoms with Gasteiger partial charge in [-0.2, -0.15) is 0 Å². The maximum absolute atomic E-state index is 10.4. The van der Waals surface area contributed by atoms with Crippen molar-refractivity contribution >= 4 is 7.82 Å². The van der Waals surface area contributed by atoms with Gasteiger partial charge in [0.05, 0.1) is 19.0 Å². The van der Waals surface area contributed by atoms with E-state index in [1.807, 2.05) is 0 Å². The lowest BCUT2D eigenvalue weighted by Gasteiger charge is -2.17. The molecule has 1 rings (SSSR count). The molecule has 1 heterocycles. The van der Waals surface area contributed by atoms with Crippen molar-refractivity contribution < 1.29 is 24.0 Å². The van der Waals surface area contributed by atoms with Crippen LogP contribution in [0.1, 0.15) is 18.5 Å². The monoisotopic (exact) mass is 236 g/mol. The van der Waals surface area contributed by atoms with Gasteiger partial charge < -0.3 is 19.9 Å². The van der Waals surface area contributed by atoms with E-state index in [4.69, 9.17) is 9.79 Å². The second-order valence-corrected chi connectivity index (χ2v) is 4.39. The van der Waals surface area contributed by atoms with Crippen LogP contribution in [0.15, 0.2) is 12.5 Å². The van der Waals surface area contributed by atoms with Crippen LogP contribution in [0, 0.1) is 0 Å². The molecular formula is C7H13N2O5P. The van der Waals surface area contributed by atoms with Crippen molar-refractivity contribution in [2.24, 2.45) is 0 Å². The predicted molar refractivity (Wildman–Crippen MR) is 51.0 cm³/mol. The van der Waals surface area contributed by atoms with Crippen molar-refractivity contribution in [2.75, 3.05) is 6.61 Å². The summed E-state index contributed by atoms with van der Waals surface area (Å²) in [5, 5.41) is 9.54. The van der Waals surface area contributed by atoms with Gasteiger partial charge in [-0.05, 0) is 0 Å². The van der Waals surface area contributed by atoms with Gasteiger partial charge in [-0.1, -0.05) is 6.92 Å². The Morgan fingerprint density at radius 3 is 2.80 bits per heavy atom. The van der Waals surface area contributed by atoms with Crippen LogP contribution in [0.2, 0.25) is 0 Å². The molecule has 4 N–H and O–H groups in total. The summed E-state index contributed by atoms with van der Waals surface area (Å²) in [6, 6.07) is 0. The van der Waals surface area contributed by atoms with E-state index in [0.717, 1.165) is 0 Å². The number of aliphatic hydroxyl groups is 1. The number of aromatic amines is 1. The number of nitrogens with zero attached hydrogens (tertiary/aromatic N) is 1. The standard InChI is InChI=1S/C7H13N2O5P/c1-5(6-2-8-4-9-6)7(10)3-14-15(11,12)13/h2,4-5,7,10H,3H2,1H3,(H,8,9)(H2,11,12,13)/t5-,7+/m0/s1. The maximum Gasteiger partial charge on any atom is 0.469 e. The van der Waals surface area contributed by atoms with E-state index in [1.54, 1.807) is 6.92 Å². The third-order valence-corrected chi connectivity index (χ3v) is 2.49. The Morgan fingerprint density at radius 2 is 2.33 bits per heavy atom. The first-order valence-electron chi connectivity index (χ1n) is 4.26. The van der Waals surface area contributed by atoms with Gasteiger partial charge in [0.2, 0.25) is 0 Å². The number of H-pyrrole nitrogens is 1. The molecule has 0 aliphatic rings. The average Bonchev–Trinajstić information content (AvgIpc) is 2.64. The van der Waals surface area contributed by atoms with Crippen LogP contribution in [-0.2, 0) is 9.09 Å². The number of aromatic nitrogens is 2. The lowest BCUT2D eigenvalue weighted by molar-refractivity contribution is 0.0691. The topological polar surface area (TPSA) is 116 Å². The summed E-state index contributed by atoms with van der Waals surface area (Å²) in [4.78, 5) is 23.4. The van der Waals surface area contributed by atoms with Crippen LogP contribution in [-0.4, -0.2) is 37.6 Å². The second kappa shape index (κ2) is 4.87. The maximum atomic E-state index is 10.4. The largest absolute Gasteiger partial charge is 0.469 e. The Balaban J connectivity index is 2.47. The molecule has 0 spiro atoms. The van der Waals surface area contributed by atoms with E-state index in [9.17, 15) is 9.67 Å². The molecule has 0 aliphatic carbocycles. The average molecular weight is 236 g/mol. The number of aliphatic hydroxyl groups excluding tert-OH is 1. The normalized spacial score (nSPS) is 16.3. The van der Waals surface area contributed by atoms with Gasteiger partial charge >= 0.3 is 7.82 Å². The highest BCUT2D eigenvalue weighted by molar-refractivity contribution is 7.46. The number of phosphoric acid groups is 1. The molecule has 1 aromatic heterocycles. The van der Waals surface area contributed by atoms with Crippen molar-refractivity contribution in [1.29, 1.82) is 0 Å². The molecule has 0 aromatic carbocycles. The number of nitrogens with one attached hydrogen (secondary N) is 1. The van der Waals surface area contributed by atoms with E-state index in [2.05, 4.69) is 14.5 Å². The minimum atomic E-state index is -4.52. The molecule has 0 fully saturated rings. The molecule has 7 nitrogen and oxygen atoms in total. The Morgan fingerprint density at radius 1 is 1.67 bits per heavy atom. The summed E-state index contributed by atoms with van der Waals surface area (Å²) >= 11 is 0. The molecule has 0 saturated heterocycles. The van der Waals surface area contributed by atoms with Crippen LogP contribution in [0.3, 0.4) is 0 Å². The molecule has 0 unspecified atom stereocenters. The number of imidazole rings is 1. The van der Waals surface area contributed by atoms with Crippen LogP contribution >= 0.6 is 7.82 Å². The third-order valence-electron chi connectivity index (χ3n) is 2.00. The molecular weight excluding hydrogens is 223 g/mol. The Labute approximate surface area is 86.4 Å². The van der Waals surface area contributed by atoms with Crippen molar-refractivity contribution in [2.45, 2.75) is 18.9 Å². The fourth-order valence-corrected chi connectivity index (χ4v) is 1.39. The van der Waals surface area contributed by atoms with Gasteiger partial charge in [-0.15, -0.1) is 0 Å².